The Hall–Kier alpha value is -1.11. The van der Waals surface area contributed by atoms with Gasteiger partial charge >= 0.3 is 5.97 Å². The first-order valence-corrected chi connectivity index (χ1v) is 7.22. The molecule has 18 heavy (non-hydrogen) atoms. The molecular weight excluding hydrogens is 278 g/mol. The Kier molecular flexibility index (Phi) is 5.58. The van der Waals surface area contributed by atoms with Crippen LogP contribution in [0.2, 0.25) is 5.02 Å². The molecule has 0 aliphatic heterocycles. The van der Waals surface area contributed by atoms with Crippen molar-refractivity contribution in [2.45, 2.75) is 18.2 Å². The molecule has 0 saturated carbocycles. The first-order valence-electron chi connectivity index (χ1n) is 5.36. The van der Waals surface area contributed by atoms with Crippen molar-refractivity contribution in [1.29, 1.82) is 0 Å². The highest BCUT2D eigenvalue weighted by molar-refractivity contribution is 7.89. The Bertz CT molecular complexity index is 498. The summed E-state index contributed by atoms with van der Waals surface area (Å²) in [6.07, 6.45) is 0.000655. The number of carbonyl (C=O) groups is 1. The Balaban J connectivity index is 2.55. The molecule has 0 radical (unpaired) electrons. The van der Waals surface area contributed by atoms with Gasteiger partial charge in [-0.1, -0.05) is 11.6 Å². The van der Waals surface area contributed by atoms with E-state index < -0.39 is 16.0 Å². The van der Waals surface area contributed by atoms with Crippen LogP contribution >= 0.6 is 11.6 Å². The van der Waals surface area contributed by atoms with E-state index in [1.807, 2.05) is 0 Å². The fourth-order valence-corrected chi connectivity index (χ4v) is 2.38. The highest BCUT2D eigenvalue weighted by atomic mass is 35.5. The van der Waals surface area contributed by atoms with Gasteiger partial charge in [0.2, 0.25) is 10.0 Å². The first kappa shape index (κ1) is 14.9. The van der Waals surface area contributed by atoms with E-state index in [1.165, 1.54) is 24.3 Å². The lowest BCUT2D eigenvalue weighted by Gasteiger charge is -2.06. The van der Waals surface area contributed by atoms with Crippen molar-refractivity contribution < 1.29 is 17.9 Å². The number of ether oxygens (including phenoxy) is 1. The minimum atomic E-state index is -3.60. The van der Waals surface area contributed by atoms with E-state index in [4.69, 9.17) is 11.6 Å². The van der Waals surface area contributed by atoms with Gasteiger partial charge in [-0.15, -0.1) is 0 Å². The van der Waals surface area contributed by atoms with Crippen LogP contribution in [-0.4, -0.2) is 27.5 Å². The fourth-order valence-electron chi connectivity index (χ4n) is 1.22. The molecule has 0 aromatic heterocycles. The van der Waals surface area contributed by atoms with Gasteiger partial charge in [0.15, 0.2) is 0 Å². The summed E-state index contributed by atoms with van der Waals surface area (Å²) in [6, 6.07) is 5.77. The SMILES string of the molecule is CCOC(=O)CCNS(=O)(=O)c1ccc(Cl)cc1. The molecule has 100 valence electrons. The van der Waals surface area contributed by atoms with Gasteiger partial charge in [0.05, 0.1) is 17.9 Å². The lowest BCUT2D eigenvalue weighted by molar-refractivity contribution is -0.142. The topological polar surface area (TPSA) is 72.5 Å². The van der Waals surface area contributed by atoms with Gasteiger partial charge in [0.25, 0.3) is 0 Å². The third-order valence-corrected chi connectivity index (χ3v) is 3.78. The number of hydrogen-bond donors (Lipinski definition) is 1. The average Bonchev–Trinajstić information content (AvgIpc) is 2.29. The summed E-state index contributed by atoms with van der Waals surface area (Å²) < 4.78 is 30.6. The molecule has 1 aromatic carbocycles. The van der Waals surface area contributed by atoms with E-state index in [2.05, 4.69) is 9.46 Å². The lowest BCUT2D eigenvalue weighted by atomic mass is 10.4. The monoisotopic (exact) mass is 291 g/mol. The van der Waals surface area contributed by atoms with Gasteiger partial charge < -0.3 is 4.74 Å². The van der Waals surface area contributed by atoms with Crippen LogP contribution in [0.3, 0.4) is 0 Å². The van der Waals surface area contributed by atoms with Crippen LogP contribution in [0.5, 0.6) is 0 Å². The Labute approximate surface area is 111 Å². The average molecular weight is 292 g/mol. The molecule has 0 bridgehead atoms. The van der Waals surface area contributed by atoms with Crippen LogP contribution in [-0.2, 0) is 19.6 Å². The smallest absolute Gasteiger partial charge is 0.307 e. The molecule has 0 saturated heterocycles. The number of esters is 1. The van der Waals surface area contributed by atoms with Crippen molar-refractivity contribution >= 4 is 27.6 Å². The summed E-state index contributed by atoms with van der Waals surface area (Å²) in [7, 11) is -3.60. The second kappa shape index (κ2) is 6.72. The maximum Gasteiger partial charge on any atom is 0.307 e. The highest BCUT2D eigenvalue weighted by Gasteiger charge is 2.13. The normalized spacial score (nSPS) is 11.2. The van der Waals surface area contributed by atoms with Crippen molar-refractivity contribution in [3.8, 4) is 0 Å². The van der Waals surface area contributed by atoms with Crippen LogP contribution in [0.4, 0.5) is 0 Å². The van der Waals surface area contributed by atoms with Crippen LogP contribution in [0.25, 0.3) is 0 Å². The van der Waals surface area contributed by atoms with Crippen LogP contribution in [0.1, 0.15) is 13.3 Å². The third-order valence-electron chi connectivity index (χ3n) is 2.05. The Morgan fingerprint density at radius 1 is 1.33 bits per heavy atom. The van der Waals surface area contributed by atoms with E-state index in [0.29, 0.717) is 5.02 Å². The molecule has 1 N–H and O–H groups in total. The number of benzene rings is 1. The maximum atomic E-state index is 11.8. The fraction of sp³-hybridized carbons (Fsp3) is 0.364. The van der Waals surface area contributed by atoms with Crippen molar-refractivity contribution in [3.05, 3.63) is 29.3 Å². The summed E-state index contributed by atoms with van der Waals surface area (Å²) in [4.78, 5) is 11.1. The second-order valence-corrected chi connectivity index (χ2v) is 5.61. The minimum absolute atomic E-state index is 0.000655. The molecule has 0 heterocycles. The number of carbonyl (C=O) groups excluding carboxylic acids is 1. The molecule has 0 aliphatic rings. The number of halogens is 1. The largest absolute Gasteiger partial charge is 0.466 e. The van der Waals surface area contributed by atoms with Gasteiger partial charge in [-0.25, -0.2) is 13.1 Å². The third kappa shape index (κ3) is 4.64. The predicted molar refractivity (Wildman–Crippen MR) is 67.9 cm³/mol. The van der Waals surface area contributed by atoms with E-state index in [9.17, 15) is 13.2 Å². The number of rotatable bonds is 6. The molecule has 0 spiro atoms. The van der Waals surface area contributed by atoms with Gasteiger partial charge in [0.1, 0.15) is 0 Å². The summed E-state index contributed by atoms with van der Waals surface area (Å²) in [5.74, 6) is -0.434. The molecule has 1 aromatic rings. The van der Waals surface area contributed by atoms with E-state index in [1.54, 1.807) is 6.92 Å². The number of sulfonamides is 1. The molecule has 5 nitrogen and oxygen atoms in total. The minimum Gasteiger partial charge on any atom is -0.466 e. The molecule has 1 rings (SSSR count). The van der Waals surface area contributed by atoms with Crippen molar-refractivity contribution in [3.63, 3.8) is 0 Å². The quantitative estimate of drug-likeness (QED) is 0.808. The zero-order valence-electron chi connectivity index (χ0n) is 9.85. The predicted octanol–water partition coefficient (Wildman–Crippen LogP) is 1.57. The zero-order valence-corrected chi connectivity index (χ0v) is 11.4. The van der Waals surface area contributed by atoms with Crippen molar-refractivity contribution in [2.75, 3.05) is 13.2 Å². The van der Waals surface area contributed by atoms with E-state index in [0.717, 1.165) is 0 Å². The molecular formula is C11H14ClNO4S. The van der Waals surface area contributed by atoms with Gasteiger partial charge in [0, 0.05) is 11.6 Å². The molecule has 0 unspecified atom stereocenters. The zero-order chi connectivity index (χ0) is 13.6. The van der Waals surface area contributed by atoms with Crippen molar-refractivity contribution in [2.24, 2.45) is 0 Å². The molecule has 0 fully saturated rings. The van der Waals surface area contributed by atoms with E-state index >= 15 is 0 Å². The summed E-state index contributed by atoms with van der Waals surface area (Å²) in [6.45, 7) is 1.97. The molecule has 0 aliphatic carbocycles. The molecule has 0 amide bonds. The van der Waals surface area contributed by atoms with E-state index in [-0.39, 0.29) is 24.5 Å². The number of nitrogens with one attached hydrogen (secondary N) is 1. The molecule has 0 atom stereocenters. The lowest BCUT2D eigenvalue weighted by Crippen LogP contribution is -2.26. The summed E-state index contributed by atoms with van der Waals surface area (Å²) in [5.41, 5.74) is 0. The van der Waals surface area contributed by atoms with Crippen LogP contribution < -0.4 is 4.72 Å². The Morgan fingerprint density at radius 2 is 1.94 bits per heavy atom. The van der Waals surface area contributed by atoms with Gasteiger partial charge in [-0.2, -0.15) is 0 Å². The number of hydrogen-bond acceptors (Lipinski definition) is 4. The van der Waals surface area contributed by atoms with Gasteiger partial charge in [-0.05, 0) is 31.2 Å². The first-order chi connectivity index (χ1) is 8.45. The second-order valence-electron chi connectivity index (χ2n) is 3.41. The maximum absolute atomic E-state index is 11.8. The van der Waals surface area contributed by atoms with Gasteiger partial charge in [-0.3, -0.25) is 4.79 Å². The standard InChI is InChI=1S/C11H14ClNO4S/c1-2-17-11(14)7-8-13-18(15,16)10-5-3-9(12)4-6-10/h3-6,13H,2,7-8H2,1H3. The van der Waals surface area contributed by atoms with Crippen molar-refractivity contribution in [1.82, 2.24) is 4.72 Å². The highest BCUT2D eigenvalue weighted by Crippen LogP contribution is 2.13. The van der Waals surface area contributed by atoms with Crippen LogP contribution in [0, 0.1) is 0 Å². The summed E-state index contributed by atoms with van der Waals surface area (Å²) in [5, 5.41) is 0.459. The summed E-state index contributed by atoms with van der Waals surface area (Å²) >= 11 is 5.67. The Morgan fingerprint density at radius 3 is 2.50 bits per heavy atom. The van der Waals surface area contributed by atoms with Crippen LogP contribution in [0.15, 0.2) is 29.2 Å². The molecule has 7 heteroatoms.